The van der Waals surface area contributed by atoms with Crippen LogP contribution < -0.4 is 15.0 Å². The number of fused-ring (bicyclic) bond motifs is 1. The fraction of sp³-hybridized carbons (Fsp3) is 0.250. The van der Waals surface area contributed by atoms with E-state index in [0.717, 1.165) is 20.3 Å². The number of nitro benzene ring substituents is 1. The molecule has 1 aromatic heterocycles. The van der Waals surface area contributed by atoms with E-state index in [2.05, 4.69) is 15.3 Å². The summed E-state index contributed by atoms with van der Waals surface area (Å²) in [5.74, 6) is 0.947. The number of para-hydroxylation sites is 1. The highest BCUT2D eigenvalue weighted by Crippen LogP contribution is 2.33. The third-order valence-electron chi connectivity index (χ3n) is 6.03. The molecule has 10 nitrogen and oxygen atoms in total. The molecule has 0 bridgehead atoms. The fourth-order valence-electron chi connectivity index (χ4n) is 4.08. The van der Waals surface area contributed by atoms with Crippen molar-refractivity contribution >= 4 is 62.5 Å². The smallest absolute Gasteiger partial charge is 0.293 e. The summed E-state index contributed by atoms with van der Waals surface area (Å²) in [6, 6.07) is 20.3. The number of ether oxygens (including phenoxy) is 2. The molecule has 1 saturated heterocycles. The van der Waals surface area contributed by atoms with Gasteiger partial charge in [-0.25, -0.2) is 4.98 Å². The van der Waals surface area contributed by atoms with Crippen molar-refractivity contribution in [2.24, 2.45) is 4.99 Å². The van der Waals surface area contributed by atoms with Crippen LogP contribution in [0.2, 0.25) is 0 Å². The van der Waals surface area contributed by atoms with Gasteiger partial charge in [-0.1, -0.05) is 36.0 Å². The standard InChI is InChI=1S/C28H27N5O5S2/c34-27(29-10-13-38-22-4-2-1-3-5-22)19-39-28-31-23-8-7-21(17-26(23)40-28)30-18-20-6-9-24(25(16-20)33(35)36)32-11-14-37-15-12-32/h1-9,16-18H,10-15,19H2,(H,29,34). The van der Waals surface area contributed by atoms with Crippen LogP contribution in [0.4, 0.5) is 17.1 Å². The third kappa shape index (κ3) is 7.34. The number of anilines is 1. The fourth-order valence-corrected chi connectivity index (χ4v) is 6.01. The number of aliphatic imine (C=N–C) groups is 1. The zero-order valence-corrected chi connectivity index (χ0v) is 23.2. The van der Waals surface area contributed by atoms with Gasteiger partial charge in [-0.15, -0.1) is 11.3 Å². The van der Waals surface area contributed by atoms with Gasteiger partial charge in [-0.05, 0) is 42.0 Å². The lowest BCUT2D eigenvalue weighted by Gasteiger charge is -2.28. The number of aromatic nitrogens is 1. The number of nitrogens with zero attached hydrogens (tertiary/aromatic N) is 4. The Kier molecular flexibility index (Phi) is 9.22. The van der Waals surface area contributed by atoms with Crippen molar-refractivity contribution in [2.45, 2.75) is 4.34 Å². The molecule has 0 spiro atoms. The minimum absolute atomic E-state index is 0.0539. The van der Waals surface area contributed by atoms with Gasteiger partial charge in [0.05, 0.1) is 46.3 Å². The average Bonchev–Trinajstić information content (AvgIpc) is 3.40. The predicted molar refractivity (Wildman–Crippen MR) is 159 cm³/mol. The van der Waals surface area contributed by atoms with Crippen molar-refractivity contribution in [3.8, 4) is 5.75 Å². The van der Waals surface area contributed by atoms with Crippen molar-refractivity contribution in [1.29, 1.82) is 0 Å². The van der Waals surface area contributed by atoms with E-state index in [0.29, 0.717) is 56.4 Å². The van der Waals surface area contributed by atoms with E-state index in [1.54, 1.807) is 18.3 Å². The zero-order valence-electron chi connectivity index (χ0n) is 21.5. The Morgan fingerprint density at radius 2 is 2.00 bits per heavy atom. The highest BCUT2D eigenvalue weighted by molar-refractivity contribution is 8.01. The first kappa shape index (κ1) is 27.6. The second kappa shape index (κ2) is 13.4. The summed E-state index contributed by atoms with van der Waals surface area (Å²) < 4.78 is 12.7. The summed E-state index contributed by atoms with van der Waals surface area (Å²) in [5.41, 5.74) is 2.83. The number of carbonyl (C=O) groups excluding carboxylic acids is 1. The third-order valence-corrected chi connectivity index (χ3v) is 8.19. The number of nitrogens with one attached hydrogen (secondary N) is 1. The quantitative estimate of drug-likeness (QED) is 0.0862. The van der Waals surface area contributed by atoms with Crippen molar-refractivity contribution in [1.82, 2.24) is 10.3 Å². The van der Waals surface area contributed by atoms with Gasteiger partial charge in [0.1, 0.15) is 18.0 Å². The summed E-state index contributed by atoms with van der Waals surface area (Å²) in [4.78, 5) is 34.7. The average molecular weight is 578 g/mol. The number of thioether (sulfide) groups is 1. The largest absolute Gasteiger partial charge is 0.492 e. The van der Waals surface area contributed by atoms with Crippen LogP contribution in [-0.2, 0) is 9.53 Å². The van der Waals surface area contributed by atoms with Crippen LogP contribution in [0.25, 0.3) is 10.2 Å². The van der Waals surface area contributed by atoms with Gasteiger partial charge in [0, 0.05) is 25.4 Å². The number of rotatable bonds is 11. The number of nitro groups is 1. The van der Waals surface area contributed by atoms with E-state index in [-0.39, 0.29) is 22.3 Å². The maximum atomic E-state index is 12.2. The summed E-state index contributed by atoms with van der Waals surface area (Å²) in [6.07, 6.45) is 1.62. The maximum absolute atomic E-state index is 12.2. The van der Waals surface area contributed by atoms with Gasteiger partial charge >= 0.3 is 0 Å². The van der Waals surface area contributed by atoms with Crippen molar-refractivity contribution in [3.05, 3.63) is 82.4 Å². The molecule has 0 radical (unpaired) electrons. The first-order chi connectivity index (χ1) is 19.5. The van der Waals surface area contributed by atoms with E-state index >= 15 is 0 Å². The minimum Gasteiger partial charge on any atom is -0.492 e. The number of thiazole rings is 1. The Labute approximate surface area is 239 Å². The number of hydrogen-bond donors (Lipinski definition) is 1. The molecule has 0 unspecified atom stereocenters. The molecule has 1 aliphatic heterocycles. The van der Waals surface area contributed by atoms with E-state index < -0.39 is 0 Å². The first-order valence-electron chi connectivity index (χ1n) is 12.7. The molecule has 3 aromatic carbocycles. The summed E-state index contributed by atoms with van der Waals surface area (Å²) >= 11 is 2.88. The molecule has 1 N–H and O–H groups in total. The van der Waals surface area contributed by atoms with Gasteiger partial charge in [-0.3, -0.25) is 19.9 Å². The zero-order chi connectivity index (χ0) is 27.7. The van der Waals surface area contributed by atoms with Gasteiger partial charge < -0.3 is 19.7 Å². The number of amides is 1. The molecule has 1 amide bonds. The number of carbonyl (C=O) groups is 1. The van der Waals surface area contributed by atoms with Crippen molar-refractivity contribution < 1.29 is 19.2 Å². The molecule has 0 saturated carbocycles. The lowest BCUT2D eigenvalue weighted by Crippen LogP contribution is -2.36. The second-order valence-electron chi connectivity index (χ2n) is 8.79. The topological polar surface area (TPSA) is 119 Å². The molecule has 12 heteroatoms. The lowest BCUT2D eigenvalue weighted by molar-refractivity contribution is -0.384. The normalized spacial score (nSPS) is 13.6. The highest BCUT2D eigenvalue weighted by atomic mass is 32.2. The van der Waals surface area contributed by atoms with Crippen molar-refractivity contribution in [2.75, 3.05) is 50.1 Å². The maximum Gasteiger partial charge on any atom is 0.293 e. The SMILES string of the molecule is O=C(CSc1nc2ccc(N=Cc3ccc(N4CCOCC4)c([N+](=O)[O-])c3)cc2s1)NCCOc1ccccc1. The molecular formula is C28H27N5O5S2. The number of benzene rings is 3. The highest BCUT2D eigenvalue weighted by Gasteiger charge is 2.21. The molecule has 0 aliphatic carbocycles. The van der Waals surface area contributed by atoms with Gasteiger partial charge in [0.25, 0.3) is 5.69 Å². The van der Waals surface area contributed by atoms with Crippen LogP contribution in [0.15, 0.2) is 76.1 Å². The van der Waals surface area contributed by atoms with Crippen LogP contribution in [0.5, 0.6) is 5.75 Å². The Bertz CT molecular complexity index is 1510. The van der Waals surface area contributed by atoms with Gasteiger partial charge in [0.2, 0.25) is 5.91 Å². The molecule has 40 heavy (non-hydrogen) atoms. The van der Waals surface area contributed by atoms with Crippen LogP contribution in [0.1, 0.15) is 5.56 Å². The summed E-state index contributed by atoms with van der Waals surface area (Å²) in [7, 11) is 0. The lowest BCUT2D eigenvalue weighted by atomic mass is 10.1. The Morgan fingerprint density at radius 3 is 2.80 bits per heavy atom. The van der Waals surface area contributed by atoms with Crippen LogP contribution >= 0.6 is 23.1 Å². The van der Waals surface area contributed by atoms with Gasteiger partial charge in [0.15, 0.2) is 4.34 Å². The van der Waals surface area contributed by atoms with E-state index in [1.165, 1.54) is 23.1 Å². The molecule has 206 valence electrons. The molecule has 1 fully saturated rings. The molecule has 2 heterocycles. The number of morpholine rings is 1. The van der Waals surface area contributed by atoms with E-state index in [9.17, 15) is 14.9 Å². The Hall–Kier alpha value is -4.00. The van der Waals surface area contributed by atoms with E-state index in [4.69, 9.17) is 9.47 Å². The molecule has 1 aliphatic rings. The molecular weight excluding hydrogens is 550 g/mol. The predicted octanol–water partition coefficient (Wildman–Crippen LogP) is 5.08. The number of hydrogen-bond acceptors (Lipinski definition) is 10. The van der Waals surface area contributed by atoms with Crippen molar-refractivity contribution in [3.63, 3.8) is 0 Å². The monoisotopic (exact) mass is 577 g/mol. The van der Waals surface area contributed by atoms with Crippen LogP contribution in [0.3, 0.4) is 0 Å². The Morgan fingerprint density at radius 1 is 1.18 bits per heavy atom. The van der Waals surface area contributed by atoms with Gasteiger partial charge in [-0.2, -0.15) is 0 Å². The molecule has 5 rings (SSSR count). The minimum atomic E-state index is -0.358. The molecule has 4 aromatic rings. The summed E-state index contributed by atoms with van der Waals surface area (Å²) in [5, 5.41) is 14.6. The summed E-state index contributed by atoms with van der Waals surface area (Å²) in [6.45, 7) is 3.18. The van der Waals surface area contributed by atoms with Crippen LogP contribution in [0, 0.1) is 10.1 Å². The second-order valence-corrected chi connectivity index (χ2v) is 11.0. The van der Waals surface area contributed by atoms with E-state index in [1.807, 2.05) is 59.5 Å². The molecule has 0 atom stereocenters. The Balaban J connectivity index is 1.16. The first-order valence-corrected chi connectivity index (χ1v) is 14.5. The van der Waals surface area contributed by atoms with Crippen LogP contribution in [-0.4, -0.2) is 67.2 Å².